The topological polar surface area (TPSA) is 149 Å². The van der Waals surface area contributed by atoms with E-state index in [4.69, 9.17) is 18.9 Å². The standard InChI is InChI=1S/C39H74N2O9/c1-34(2)20-18-16-14-12-10-8-6-4-5-7-9-11-13-15-17-19-21-38(44)41-36(39(45)46)22-23-37(43)40-25-27-48-29-31-50-33-32-49-30-28-47-26-24-35(3)42/h34,36H,4-33H2,1-3H3,(H,40,43)(H,41,44)(H,45,46). The molecule has 0 spiro atoms. The van der Waals surface area contributed by atoms with Crippen LogP contribution in [0.5, 0.6) is 0 Å². The maximum atomic E-state index is 12.3. The molecule has 0 aromatic heterocycles. The summed E-state index contributed by atoms with van der Waals surface area (Å²) >= 11 is 0. The minimum atomic E-state index is -1.13. The van der Waals surface area contributed by atoms with Gasteiger partial charge in [0.1, 0.15) is 11.8 Å². The maximum Gasteiger partial charge on any atom is 0.326 e. The highest BCUT2D eigenvalue weighted by atomic mass is 16.6. The summed E-state index contributed by atoms with van der Waals surface area (Å²) in [6.45, 7) is 9.67. The molecule has 0 aliphatic heterocycles. The molecule has 0 heterocycles. The third kappa shape index (κ3) is 37.2. The molecule has 1 unspecified atom stereocenters. The second kappa shape index (κ2) is 36.7. The second-order valence-electron chi connectivity index (χ2n) is 13.8. The van der Waals surface area contributed by atoms with Gasteiger partial charge in [0.15, 0.2) is 0 Å². The van der Waals surface area contributed by atoms with Crippen molar-refractivity contribution in [3.05, 3.63) is 0 Å². The van der Waals surface area contributed by atoms with Gasteiger partial charge in [0.05, 0.1) is 52.9 Å². The number of rotatable bonds is 39. The Morgan fingerprint density at radius 3 is 1.36 bits per heavy atom. The van der Waals surface area contributed by atoms with Gasteiger partial charge in [0.25, 0.3) is 0 Å². The minimum Gasteiger partial charge on any atom is -0.480 e. The van der Waals surface area contributed by atoms with Crippen LogP contribution in [0.15, 0.2) is 0 Å². The van der Waals surface area contributed by atoms with Crippen molar-refractivity contribution in [2.75, 3.05) is 59.4 Å². The van der Waals surface area contributed by atoms with Crippen LogP contribution < -0.4 is 10.6 Å². The molecule has 0 radical (unpaired) electrons. The van der Waals surface area contributed by atoms with Crippen LogP contribution in [-0.2, 0) is 38.1 Å². The Kier molecular flexibility index (Phi) is 35.2. The summed E-state index contributed by atoms with van der Waals surface area (Å²) in [4.78, 5) is 46.8. The zero-order chi connectivity index (χ0) is 36.9. The molecule has 50 heavy (non-hydrogen) atoms. The zero-order valence-corrected chi connectivity index (χ0v) is 32.1. The van der Waals surface area contributed by atoms with E-state index in [0.29, 0.717) is 72.2 Å². The van der Waals surface area contributed by atoms with Crippen molar-refractivity contribution in [3.8, 4) is 0 Å². The van der Waals surface area contributed by atoms with Gasteiger partial charge in [-0.1, -0.05) is 117 Å². The Morgan fingerprint density at radius 1 is 0.500 bits per heavy atom. The second-order valence-corrected chi connectivity index (χ2v) is 13.8. The number of carbonyl (C=O) groups excluding carboxylic acids is 3. The Balaban J connectivity index is 3.58. The molecule has 1 atom stereocenters. The number of carbonyl (C=O) groups is 4. The molecule has 0 aromatic carbocycles. The Labute approximate surface area is 304 Å². The third-order valence-corrected chi connectivity index (χ3v) is 8.51. The lowest BCUT2D eigenvalue weighted by Crippen LogP contribution is -2.41. The summed E-state index contributed by atoms with van der Waals surface area (Å²) in [7, 11) is 0. The molecule has 2 amide bonds. The third-order valence-electron chi connectivity index (χ3n) is 8.51. The molecular formula is C39H74N2O9. The number of Topliss-reactive ketones (excluding diaryl/α,β-unsaturated/α-hetero) is 1. The first-order valence-corrected chi connectivity index (χ1v) is 19.8. The summed E-state index contributed by atoms with van der Waals surface area (Å²) in [6, 6.07) is -1.08. The number of amides is 2. The van der Waals surface area contributed by atoms with Crippen molar-refractivity contribution < 1.29 is 43.2 Å². The first-order valence-electron chi connectivity index (χ1n) is 19.8. The molecule has 0 bridgehead atoms. The van der Waals surface area contributed by atoms with E-state index in [1.807, 2.05) is 0 Å². The normalized spacial score (nSPS) is 11.9. The predicted octanol–water partition coefficient (Wildman–Crippen LogP) is 7.18. The van der Waals surface area contributed by atoms with Crippen LogP contribution in [0.1, 0.15) is 156 Å². The van der Waals surface area contributed by atoms with E-state index in [2.05, 4.69) is 24.5 Å². The summed E-state index contributed by atoms with van der Waals surface area (Å²) in [6.07, 6.45) is 22.4. The van der Waals surface area contributed by atoms with E-state index in [9.17, 15) is 24.3 Å². The molecule has 3 N–H and O–H groups in total. The average Bonchev–Trinajstić information content (AvgIpc) is 3.07. The van der Waals surface area contributed by atoms with Gasteiger partial charge in [-0.25, -0.2) is 4.79 Å². The SMILES string of the molecule is CC(=O)CCOCCOCCOCCOCCNC(=O)CCC(NC(=O)CCCCCCCCCCCCCCCCCCC(C)C)C(=O)O. The van der Waals surface area contributed by atoms with Gasteiger partial charge < -0.3 is 34.7 Å². The number of hydrogen-bond acceptors (Lipinski definition) is 8. The Morgan fingerprint density at radius 2 is 0.920 bits per heavy atom. The average molecular weight is 715 g/mol. The molecule has 11 heteroatoms. The highest BCUT2D eigenvalue weighted by Crippen LogP contribution is 2.15. The van der Waals surface area contributed by atoms with Gasteiger partial charge in [-0.3, -0.25) is 14.4 Å². The van der Waals surface area contributed by atoms with Gasteiger partial charge >= 0.3 is 5.97 Å². The number of hydrogen-bond donors (Lipinski definition) is 3. The molecule has 11 nitrogen and oxygen atoms in total. The first kappa shape index (κ1) is 47.9. The van der Waals surface area contributed by atoms with E-state index in [0.717, 1.165) is 25.2 Å². The fourth-order valence-electron chi connectivity index (χ4n) is 5.44. The monoisotopic (exact) mass is 715 g/mol. The summed E-state index contributed by atoms with van der Waals surface area (Å²) in [5.41, 5.74) is 0. The fourth-order valence-corrected chi connectivity index (χ4v) is 5.44. The van der Waals surface area contributed by atoms with Crippen molar-refractivity contribution in [2.45, 2.75) is 162 Å². The highest BCUT2D eigenvalue weighted by Gasteiger charge is 2.20. The Bertz CT molecular complexity index is 825. The van der Waals surface area contributed by atoms with Crippen LogP contribution in [0, 0.1) is 5.92 Å². The number of ether oxygens (including phenoxy) is 4. The largest absolute Gasteiger partial charge is 0.480 e. The summed E-state index contributed by atoms with van der Waals surface area (Å²) in [5.74, 6) is -0.753. The number of nitrogens with one attached hydrogen (secondary N) is 2. The van der Waals surface area contributed by atoms with Crippen LogP contribution in [0.25, 0.3) is 0 Å². The number of carboxylic acid groups (broad SMARTS) is 1. The van der Waals surface area contributed by atoms with Crippen molar-refractivity contribution in [1.82, 2.24) is 10.6 Å². The molecular weight excluding hydrogens is 640 g/mol. The fraction of sp³-hybridized carbons (Fsp3) is 0.897. The smallest absolute Gasteiger partial charge is 0.326 e. The lowest BCUT2D eigenvalue weighted by atomic mass is 10.0. The van der Waals surface area contributed by atoms with Crippen molar-refractivity contribution in [3.63, 3.8) is 0 Å². The van der Waals surface area contributed by atoms with Crippen molar-refractivity contribution in [1.29, 1.82) is 0 Å². The van der Waals surface area contributed by atoms with Gasteiger partial charge in [0, 0.05) is 25.8 Å². The number of unbranched alkanes of at least 4 members (excludes halogenated alkanes) is 15. The minimum absolute atomic E-state index is 0.000798. The number of ketones is 1. The lowest BCUT2D eigenvalue weighted by molar-refractivity contribution is -0.142. The molecule has 294 valence electrons. The van der Waals surface area contributed by atoms with Crippen LogP contribution in [0.2, 0.25) is 0 Å². The van der Waals surface area contributed by atoms with E-state index < -0.39 is 12.0 Å². The number of carboxylic acids is 1. The molecule has 0 aliphatic carbocycles. The molecule has 0 aromatic rings. The zero-order valence-electron chi connectivity index (χ0n) is 32.1. The van der Waals surface area contributed by atoms with E-state index in [1.54, 1.807) is 0 Å². The van der Waals surface area contributed by atoms with Gasteiger partial charge in [-0.15, -0.1) is 0 Å². The van der Waals surface area contributed by atoms with Crippen LogP contribution in [-0.4, -0.2) is 94.1 Å². The quantitative estimate of drug-likeness (QED) is 0.0563. The van der Waals surface area contributed by atoms with Crippen LogP contribution >= 0.6 is 0 Å². The maximum absolute atomic E-state index is 12.3. The van der Waals surface area contributed by atoms with Crippen LogP contribution in [0.4, 0.5) is 0 Å². The summed E-state index contributed by atoms with van der Waals surface area (Å²) < 4.78 is 21.5. The van der Waals surface area contributed by atoms with E-state index >= 15 is 0 Å². The van der Waals surface area contributed by atoms with Gasteiger partial charge in [-0.05, 0) is 25.7 Å². The number of aliphatic carboxylic acids is 1. The molecule has 0 fully saturated rings. The van der Waals surface area contributed by atoms with Crippen LogP contribution in [0.3, 0.4) is 0 Å². The molecule has 0 saturated carbocycles. The van der Waals surface area contributed by atoms with Gasteiger partial charge in [-0.2, -0.15) is 0 Å². The van der Waals surface area contributed by atoms with E-state index in [1.165, 1.54) is 96.8 Å². The van der Waals surface area contributed by atoms with Gasteiger partial charge in [0.2, 0.25) is 11.8 Å². The molecule has 0 aliphatic rings. The van der Waals surface area contributed by atoms with Crippen molar-refractivity contribution >= 4 is 23.6 Å². The van der Waals surface area contributed by atoms with E-state index in [-0.39, 0.29) is 30.4 Å². The molecule has 0 rings (SSSR count). The summed E-state index contributed by atoms with van der Waals surface area (Å²) in [5, 5.41) is 14.8. The Hall–Kier alpha value is -2.08. The molecule has 0 saturated heterocycles. The predicted molar refractivity (Wildman–Crippen MR) is 198 cm³/mol. The highest BCUT2D eigenvalue weighted by molar-refractivity contribution is 5.84. The lowest BCUT2D eigenvalue weighted by Gasteiger charge is -2.14. The van der Waals surface area contributed by atoms with Crippen molar-refractivity contribution in [2.24, 2.45) is 5.92 Å². The first-order chi connectivity index (χ1) is 24.2.